The topological polar surface area (TPSA) is 66.8 Å². The maximum atomic E-state index is 12.8. The number of nitrogens with zero attached hydrogens (tertiary/aromatic N) is 1. The molecule has 0 radical (unpaired) electrons. The molecule has 1 fully saturated rings. The number of methoxy groups -OCH3 is 1. The number of hydrogen-bond donors (Lipinski definition) is 2. The standard InChI is InChI=1S/C21H27N3O3/c1-14-20(16(3)25)15(2)22-21(14)18(26)13-23-9-11-24(12-10-23)17-7-5-6-8-19(17)27-4/h5-8,22H,9-13H2,1-4H3/p+1. The van der Waals surface area contributed by atoms with E-state index in [4.69, 9.17) is 4.74 Å². The molecule has 2 aromatic rings. The summed E-state index contributed by atoms with van der Waals surface area (Å²) in [4.78, 5) is 31.3. The van der Waals surface area contributed by atoms with Crippen molar-refractivity contribution in [1.82, 2.24) is 4.98 Å². The van der Waals surface area contributed by atoms with Gasteiger partial charge in [0.1, 0.15) is 12.3 Å². The fraction of sp³-hybridized carbons (Fsp3) is 0.429. The number of nitrogens with one attached hydrogen (secondary N) is 2. The number of H-pyrrole nitrogens is 1. The summed E-state index contributed by atoms with van der Waals surface area (Å²) < 4.78 is 5.46. The van der Waals surface area contributed by atoms with E-state index in [0.29, 0.717) is 17.8 Å². The minimum absolute atomic E-state index is 0.00179. The Kier molecular flexibility index (Phi) is 5.65. The number of piperazine rings is 1. The zero-order valence-electron chi connectivity index (χ0n) is 16.5. The number of carbonyl (C=O) groups is 2. The maximum absolute atomic E-state index is 12.8. The Morgan fingerprint density at radius 1 is 1.19 bits per heavy atom. The van der Waals surface area contributed by atoms with Gasteiger partial charge < -0.3 is 19.5 Å². The average molecular weight is 370 g/mol. The highest BCUT2D eigenvalue weighted by molar-refractivity contribution is 6.03. The SMILES string of the molecule is COc1ccccc1N1CC[NH+](CC(=O)c2[nH]c(C)c(C(C)=O)c2C)CC1. The summed E-state index contributed by atoms with van der Waals surface area (Å²) in [5.74, 6) is 0.952. The molecule has 0 bridgehead atoms. The predicted octanol–water partition coefficient (Wildman–Crippen LogP) is 1.43. The van der Waals surface area contributed by atoms with Gasteiger partial charge in [-0.3, -0.25) is 9.59 Å². The van der Waals surface area contributed by atoms with E-state index in [1.807, 2.05) is 32.0 Å². The Morgan fingerprint density at radius 2 is 1.85 bits per heavy atom. The molecule has 1 aromatic carbocycles. The molecule has 0 unspecified atom stereocenters. The van der Waals surface area contributed by atoms with Gasteiger partial charge in [0, 0.05) is 11.3 Å². The van der Waals surface area contributed by atoms with E-state index in [0.717, 1.165) is 48.9 Å². The van der Waals surface area contributed by atoms with Gasteiger partial charge >= 0.3 is 0 Å². The molecule has 6 nitrogen and oxygen atoms in total. The lowest BCUT2D eigenvalue weighted by Crippen LogP contribution is -3.15. The number of aromatic nitrogens is 1. The third kappa shape index (κ3) is 3.90. The molecule has 0 spiro atoms. The molecule has 2 heterocycles. The molecular formula is C21H28N3O3+. The van der Waals surface area contributed by atoms with E-state index in [9.17, 15) is 9.59 Å². The van der Waals surface area contributed by atoms with E-state index < -0.39 is 0 Å². The van der Waals surface area contributed by atoms with Crippen molar-refractivity contribution in [1.29, 1.82) is 0 Å². The van der Waals surface area contributed by atoms with Gasteiger partial charge in [-0.15, -0.1) is 0 Å². The summed E-state index contributed by atoms with van der Waals surface area (Å²) >= 11 is 0. The number of para-hydroxylation sites is 2. The molecule has 2 N–H and O–H groups in total. The number of aryl methyl sites for hydroxylation is 1. The molecule has 0 aliphatic carbocycles. The summed E-state index contributed by atoms with van der Waals surface area (Å²) in [6.45, 7) is 9.22. The first-order valence-electron chi connectivity index (χ1n) is 9.37. The van der Waals surface area contributed by atoms with Crippen molar-refractivity contribution in [3.8, 4) is 5.75 Å². The Morgan fingerprint density at radius 3 is 2.44 bits per heavy atom. The number of rotatable bonds is 6. The van der Waals surface area contributed by atoms with Crippen LogP contribution in [-0.4, -0.2) is 56.4 Å². The van der Waals surface area contributed by atoms with E-state index in [2.05, 4.69) is 16.0 Å². The molecule has 27 heavy (non-hydrogen) atoms. The number of hydrogen-bond acceptors (Lipinski definition) is 4. The van der Waals surface area contributed by atoms with Crippen molar-refractivity contribution in [2.45, 2.75) is 20.8 Å². The minimum atomic E-state index is -0.00179. The van der Waals surface area contributed by atoms with Crippen molar-refractivity contribution in [2.75, 3.05) is 44.7 Å². The number of Topliss-reactive ketones (excluding diaryl/α,β-unsaturated/α-hetero) is 2. The van der Waals surface area contributed by atoms with Gasteiger partial charge in [0.05, 0.1) is 44.7 Å². The van der Waals surface area contributed by atoms with Gasteiger partial charge in [-0.05, 0) is 38.5 Å². The van der Waals surface area contributed by atoms with Crippen molar-refractivity contribution in [3.63, 3.8) is 0 Å². The number of quaternary nitrogens is 1. The number of ketones is 2. The van der Waals surface area contributed by atoms with Crippen LogP contribution in [0.25, 0.3) is 0 Å². The van der Waals surface area contributed by atoms with E-state index in [-0.39, 0.29) is 11.6 Å². The van der Waals surface area contributed by atoms with Crippen LogP contribution < -0.4 is 14.5 Å². The molecule has 0 amide bonds. The summed E-state index contributed by atoms with van der Waals surface area (Å²) in [6, 6.07) is 8.03. The largest absolute Gasteiger partial charge is 0.495 e. The first kappa shape index (κ1) is 19.2. The van der Waals surface area contributed by atoms with Crippen LogP contribution in [0.2, 0.25) is 0 Å². The monoisotopic (exact) mass is 370 g/mol. The molecule has 1 saturated heterocycles. The van der Waals surface area contributed by atoms with Gasteiger partial charge in [0.2, 0.25) is 5.78 Å². The number of carbonyl (C=O) groups excluding carboxylic acids is 2. The fourth-order valence-corrected chi connectivity index (χ4v) is 4.00. The van der Waals surface area contributed by atoms with Crippen molar-refractivity contribution in [2.24, 2.45) is 0 Å². The third-order valence-corrected chi connectivity index (χ3v) is 5.38. The number of anilines is 1. The highest BCUT2D eigenvalue weighted by Gasteiger charge is 2.27. The number of ether oxygens (including phenoxy) is 1. The van der Waals surface area contributed by atoms with E-state index >= 15 is 0 Å². The molecule has 6 heteroatoms. The van der Waals surface area contributed by atoms with Crippen LogP contribution in [0, 0.1) is 13.8 Å². The smallest absolute Gasteiger partial charge is 0.233 e. The van der Waals surface area contributed by atoms with Crippen LogP contribution in [0.1, 0.15) is 39.0 Å². The Bertz CT molecular complexity index is 848. The van der Waals surface area contributed by atoms with E-state index in [1.165, 1.54) is 4.90 Å². The highest BCUT2D eigenvalue weighted by Crippen LogP contribution is 2.27. The molecule has 1 aliphatic rings. The number of aromatic amines is 1. The van der Waals surface area contributed by atoms with Crippen LogP contribution in [-0.2, 0) is 0 Å². The van der Waals surface area contributed by atoms with E-state index in [1.54, 1.807) is 14.0 Å². The Hall–Kier alpha value is -2.60. The van der Waals surface area contributed by atoms with Gasteiger partial charge in [0.15, 0.2) is 5.78 Å². The van der Waals surface area contributed by atoms with Crippen LogP contribution in [0.3, 0.4) is 0 Å². The molecule has 1 aromatic heterocycles. The third-order valence-electron chi connectivity index (χ3n) is 5.38. The molecule has 144 valence electrons. The minimum Gasteiger partial charge on any atom is -0.495 e. The van der Waals surface area contributed by atoms with Crippen molar-refractivity contribution >= 4 is 17.3 Å². The van der Waals surface area contributed by atoms with Crippen LogP contribution in [0.15, 0.2) is 24.3 Å². The first-order valence-corrected chi connectivity index (χ1v) is 9.37. The second kappa shape index (κ2) is 7.96. The molecular weight excluding hydrogens is 342 g/mol. The Balaban J connectivity index is 1.63. The first-order chi connectivity index (χ1) is 12.9. The maximum Gasteiger partial charge on any atom is 0.233 e. The summed E-state index contributed by atoms with van der Waals surface area (Å²) in [7, 11) is 1.69. The normalized spacial score (nSPS) is 15.0. The summed E-state index contributed by atoms with van der Waals surface area (Å²) in [5.41, 5.74) is 3.88. The lowest BCUT2D eigenvalue weighted by Gasteiger charge is -2.34. The molecule has 1 aliphatic heterocycles. The second-order valence-electron chi connectivity index (χ2n) is 7.19. The second-order valence-corrected chi connectivity index (χ2v) is 7.19. The summed E-state index contributed by atoms with van der Waals surface area (Å²) in [6.07, 6.45) is 0. The van der Waals surface area contributed by atoms with Crippen molar-refractivity contribution < 1.29 is 19.2 Å². The van der Waals surface area contributed by atoms with Gasteiger partial charge in [0.25, 0.3) is 0 Å². The van der Waals surface area contributed by atoms with Crippen LogP contribution >= 0.6 is 0 Å². The zero-order valence-corrected chi connectivity index (χ0v) is 16.5. The Labute approximate surface area is 160 Å². The fourth-order valence-electron chi connectivity index (χ4n) is 4.00. The summed E-state index contributed by atoms with van der Waals surface area (Å²) in [5, 5.41) is 0. The lowest BCUT2D eigenvalue weighted by atomic mass is 10.1. The van der Waals surface area contributed by atoms with Crippen LogP contribution in [0.5, 0.6) is 5.75 Å². The van der Waals surface area contributed by atoms with Gasteiger partial charge in [-0.2, -0.15) is 0 Å². The van der Waals surface area contributed by atoms with Gasteiger partial charge in [-0.25, -0.2) is 0 Å². The van der Waals surface area contributed by atoms with Gasteiger partial charge in [-0.1, -0.05) is 12.1 Å². The molecule has 3 rings (SSSR count). The molecule has 0 atom stereocenters. The highest BCUT2D eigenvalue weighted by atomic mass is 16.5. The molecule has 0 saturated carbocycles. The lowest BCUT2D eigenvalue weighted by molar-refractivity contribution is -0.892. The predicted molar refractivity (Wildman–Crippen MR) is 105 cm³/mol. The quantitative estimate of drug-likeness (QED) is 0.755. The average Bonchev–Trinajstić information content (AvgIpc) is 2.96. The van der Waals surface area contributed by atoms with Crippen LogP contribution in [0.4, 0.5) is 5.69 Å². The van der Waals surface area contributed by atoms with Crippen molar-refractivity contribution in [3.05, 3.63) is 46.8 Å². The zero-order chi connectivity index (χ0) is 19.6. The number of benzene rings is 1.